The number of benzene rings is 2. The average Bonchev–Trinajstić information content (AvgIpc) is 3.07. The molecule has 2 aromatic carbocycles. The Labute approximate surface area is 171 Å². The van der Waals surface area contributed by atoms with Gasteiger partial charge in [0.25, 0.3) is 5.91 Å². The SMILES string of the molecule is Cc1ccc(Cl)c2sc(N(CCCN(C)C)C(=O)c3ccc(F)cc3F)nc12. The summed E-state index contributed by atoms with van der Waals surface area (Å²) >= 11 is 7.58. The van der Waals surface area contributed by atoms with Crippen molar-refractivity contribution >= 4 is 44.2 Å². The Morgan fingerprint density at radius 2 is 1.93 bits per heavy atom. The van der Waals surface area contributed by atoms with Crippen LogP contribution in [0.3, 0.4) is 0 Å². The molecule has 0 saturated carbocycles. The van der Waals surface area contributed by atoms with Gasteiger partial charge in [0.2, 0.25) is 0 Å². The molecule has 0 bridgehead atoms. The second-order valence-corrected chi connectivity index (χ2v) is 8.16. The molecule has 3 rings (SSSR count). The molecule has 3 aromatic rings. The molecule has 0 aliphatic heterocycles. The number of aryl methyl sites for hydroxylation is 1. The Morgan fingerprint density at radius 3 is 2.57 bits per heavy atom. The number of hydrogen-bond donors (Lipinski definition) is 0. The first-order valence-electron chi connectivity index (χ1n) is 8.75. The molecule has 1 aromatic heterocycles. The highest BCUT2D eigenvalue weighted by Gasteiger charge is 2.24. The molecule has 0 fully saturated rings. The second kappa shape index (κ2) is 8.51. The third-order valence-electron chi connectivity index (χ3n) is 4.31. The van der Waals surface area contributed by atoms with Gasteiger partial charge in [0, 0.05) is 12.6 Å². The summed E-state index contributed by atoms with van der Waals surface area (Å²) in [5.74, 6) is -2.17. The Morgan fingerprint density at radius 1 is 1.18 bits per heavy atom. The summed E-state index contributed by atoms with van der Waals surface area (Å²) in [5, 5.41) is 0.997. The summed E-state index contributed by atoms with van der Waals surface area (Å²) in [6.07, 6.45) is 0.671. The lowest BCUT2D eigenvalue weighted by molar-refractivity contribution is 0.0982. The molecule has 0 unspecified atom stereocenters. The lowest BCUT2D eigenvalue weighted by Gasteiger charge is -2.21. The minimum Gasteiger partial charge on any atom is -0.309 e. The number of aromatic nitrogens is 1. The Bertz CT molecular complexity index is 983. The van der Waals surface area contributed by atoms with E-state index >= 15 is 0 Å². The van der Waals surface area contributed by atoms with Crippen molar-refractivity contribution in [2.75, 3.05) is 32.1 Å². The fourth-order valence-corrected chi connectivity index (χ4v) is 4.18. The topological polar surface area (TPSA) is 36.4 Å². The van der Waals surface area contributed by atoms with Gasteiger partial charge in [-0.05, 0) is 57.7 Å². The number of hydrogen-bond acceptors (Lipinski definition) is 4. The van der Waals surface area contributed by atoms with Crippen LogP contribution in [0.25, 0.3) is 10.2 Å². The number of carbonyl (C=O) groups is 1. The predicted octanol–water partition coefficient (Wildman–Crippen LogP) is 5.13. The molecule has 1 heterocycles. The lowest BCUT2D eigenvalue weighted by Crippen LogP contribution is -2.34. The van der Waals surface area contributed by atoms with E-state index in [1.54, 1.807) is 6.07 Å². The van der Waals surface area contributed by atoms with Crippen molar-refractivity contribution in [3.8, 4) is 0 Å². The lowest BCUT2D eigenvalue weighted by atomic mass is 10.1. The van der Waals surface area contributed by atoms with Crippen molar-refractivity contribution in [3.63, 3.8) is 0 Å². The molecule has 0 aliphatic rings. The van der Waals surface area contributed by atoms with E-state index in [1.165, 1.54) is 16.2 Å². The summed E-state index contributed by atoms with van der Waals surface area (Å²) in [6.45, 7) is 3.02. The summed E-state index contributed by atoms with van der Waals surface area (Å²) in [7, 11) is 3.87. The first kappa shape index (κ1) is 20.6. The number of anilines is 1. The van der Waals surface area contributed by atoms with Crippen LogP contribution in [0.5, 0.6) is 0 Å². The van der Waals surface area contributed by atoms with Crippen molar-refractivity contribution in [2.45, 2.75) is 13.3 Å². The van der Waals surface area contributed by atoms with Crippen LogP contribution in [0.4, 0.5) is 13.9 Å². The number of thiazole rings is 1. The van der Waals surface area contributed by atoms with E-state index in [2.05, 4.69) is 4.98 Å². The van der Waals surface area contributed by atoms with E-state index < -0.39 is 17.5 Å². The third kappa shape index (κ3) is 4.32. The van der Waals surface area contributed by atoms with Crippen molar-refractivity contribution < 1.29 is 13.6 Å². The van der Waals surface area contributed by atoms with Gasteiger partial charge in [0.1, 0.15) is 11.6 Å². The van der Waals surface area contributed by atoms with Gasteiger partial charge in [0.05, 0.1) is 20.8 Å². The van der Waals surface area contributed by atoms with Crippen LogP contribution in [-0.2, 0) is 0 Å². The first-order valence-corrected chi connectivity index (χ1v) is 9.94. The highest BCUT2D eigenvalue weighted by Crippen LogP contribution is 2.36. The zero-order valence-corrected chi connectivity index (χ0v) is 17.4. The van der Waals surface area contributed by atoms with Crippen LogP contribution >= 0.6 is 22.9 Å². The van der Waals surface area contributed by atoms with E-state index in [1.807, 2.05) is 32.0 Å². The van der Waals surface area contributed by atoms with Crippen LogP contribution in [-0.4, -0.2) is 43.0 Å². The maximum Gasteiger partial charge on any atom is 0.263 e. The van der Waals surface area contributed by atoms with Gasteiger partial charge in [-0.25, -0.2) is 13.8 Å². The van der Waals surface area contributed by atoms with Crippen LogP contribution in [0.15, 0.2) is 30.3 Å². The standard InChI is InChI=1S/C20H20ClF2N3OS/c1-12-5-8-15(21)18-17(12)24-20(28-18)26(10-4-9-25(2)3)19(27)14-7-6-13(22)11-16(14)23/h5-8,11H,4,9-10H2,1-3H3. The van der Waals surface area contributed by atoms with Crippen LogP contribution in [0.1, 0.15) is 22.3 Å². The predicted molar refractivity (Wildman–Crippen MR) is 111 cm³/mol. The van der Waals surface area contributed by atoms with Gasteiger partial charge in [-0.1, -0.05) is 29.0 Å². The van der Waals surface area contributed by atoms with Gasteiger partial charge in [-0.3, -0.25) is 9.69 Å². The molecular formula is C20H20ClF2N3OS. The zero-order chi connectivity index (χ0) is 20.4. The van der Waals surface area contributed by atoms with Gasteiger partial charge in [-0.2, -0.15) is 0 Å². The fraction of sp³-hybridized carbons (Fsp3) is 0.300. The maximum absolute atomic E-state index is 14.2. The Kier molecular flexibility index (Phi) is 6.27. The molecule has 4 nitrogen and oxygen atoms in total. The number of rotatable bonds is 6. The van der Waals surface area contributed by atoms with Crippen molar-refractivity contribution in [2.24, 2.45) is 0 Å². The van der Waals surface area contributed by atoms with Gasteiger partial charge >= 0.3 is 0 Å². The summed E-state index contributed by atoms with van der Waals surface area (Å²) in [6, 6.07) is 6.61. The summed E-state index contributed by atoms with van der Waals surface area (Å²) in [4.78, 5) is 21.1. The van der Waals surface area contributed by atoms with E-state index in [0.29, 0.717) is 29.2 Å². The monoisotopic (exact) mass is 423 g/mol. The fourth-order valence-electron chi connectivity index (χ4n) is 2.84. The molecule has 1 amide bonds. The second-order valence-electron chi connectivity index (χ2n) is 6.78. The number of halogens is 3. The zero-order valence-electron chi connectivity index (χ0n) is 15.8. The number of carbonyl (C=O) groups excluding carboxylic acids is 1. The summed E-state index contributed by atoms with van der Waals surface area (Å²) < 4.78 is 28.3. The largest absolute Gasteiger partial charge is 0.309 e. The Balaban J connectivity index is 2.02. The minimum absolute atomic E-state index is 0.187. The van der Waals surface area contributed by atoms with Crippen LogP contribution < -0.4 is 4.90 Å². The minimum atomic E-state index is -0.891. The van der Waals surface area contributed by atoms with Crippen molar-refractivity contribution in [1.82, 2.24) is 9.88 Å². The van der Waals surface area contributed by atoms with Crippen molar-refractivity contribution in [3.05, 3.63) is 58.1 Å². The van der Waals surface area contributed by atoms with E-state index in [-0.39, 0.29) is 5.56 Å². The van der Waals surface area contributed by atoms with E-state index in [0.717, 1.165) is 34.5 Å². The molecule has 0 N–H and O–H groups in total. The first-order chi connectivity index (χ1) is 13.3. The molecule has 0 radical (unpaired) electrons. The average molecular weight is 424 g/mol. The molecule has 0 atom stereocenters. The smallest absolute Gasteiger partial charge is 0.263 e. The maximum atomic E-state index is 14.2. The molecule has 0 aliphatic carbocycles. The highest BCUT2D eigenvalue weighted by atomic mass is 35.5. The van der Waals surface area contributed by atoms with E-state index in [4.69, 9.17) is 11.6 Å². The van der Waals surface area contributed by atoms with Gasteiger partial charge < -0.3 is 4.90 Å². The quantitative estimate of drug-likeness (QED) is 0.551. The molecule has 0 saturated heterocycles. The van der Waals surface area contributed by atoms with Crippen LogP contribution in [0.2, 0.25) is 5.02 Å². The molecule has 28 heavy (non-hydrogen) atoms. The number of nitrogens with zero attached hydrogens (tertiary/aromatic N) is 3. The molecule has 0 spiro atoms. The summed E-state index contributed by atoms with van der Waals surface area (Å²) in [5.41, 5.74) is 1.47. The molecule has 148 valence electrons. The van der Waals surface area contributed by atoms with E-state index in [9.17, 15) is 13.6 Å². The van der Waals surface area contributed by atoms with Gasteiger partial charge in [-0.15, -0.1) is 0 Å². The van der Waals surface area contributed by atoms with Gasteiger partial charge in [0.15, 0.2) is 5.13 Å². The number of amides is 1. The number of fused-ring (bicyclic) bond motifs is 1. The molecular weight excluding hydrogens is 404 g/mol. The highest BCUT2D eigenvalue weighted by molar-refractivity contribution is 7.23. The normalized spacial score (nSPS) is 11.4. The Hall–Kier alpha value is -2.09. The van der Waals surface area contributed by atoms with Crippen LogP contribution in [0, 0.1) is 18.6 Å². The van der Waals surface area contributed by atoms with Crippen molar-refractivity contribution in [1.29, 1.82) is 0 Å². The molecule has 8 heteroatoms. The third-order valence-corrected chi connectivity index (χ3v) is 5.85.